The van der Waals surface area contributed by atoms with Gasteiger partial charge in [0.1, 0.15) is 0 Å². The summed E-state index contributed by atoms with van der Waals surface area (Å²) in [7, 11) is 0. The van der Waals surface area contributed by atoms with E-state index in [2.05, 4.69) is 36.6 Å². The summed E-state index contributed by atoms with van der Waals surface area (Å²) >= 11 is 0. The highest BCUT2D eigenvalue weighted by Gasteiger charge is 2.14. The van der Waals surface area contributed by atoms with Crippen LogP contribution in [0.5, 0.6) is 0 Å². The molecule has 0 fully saturated rings. The lowest BCUT2D eigenvalue weighted by atomic mass is 9.87. The van der Waals surface area contributed by atoms with Crippen molar-refractivity contribution in [3.8, 4) is 0 Å². The summed E-state index contributed by atoms with van der Waals surface area (Å²) in [6.07, 6.45) is 1.66. The molecule has 0 saturated carbocycles. The number of benzene rings is 2. The molecule has 2 rings (SSSR count). The number of hydrogen-bond donors (Lipinski definition) is 2. The van der Waals surface area contributed by atoms with E-state index in [4.69, 9.17) is 0 Å². The lowest BCUT2D eigenvalue weighted by molar-refractivity contribution is 0.0954. The van der Waals surface area contributed by atoms with Crippen LogP contribution in [0.15, 0.2) is 53.6 Å². The Morgan fingerprint density at radius 1 is 0.889 bits per heavy atom. The van der Waals surface area contributed by atoms with E-state index in [1.165, 1.54) is 5.56 Å². The summed E-state index contributed by atoms with van der Waals surface area (Å²) in [6, 6.07) is 14.3. The van der Waals surface area contributed by atoms with E-state index in [0.29, 0.717) is 16.8 Å². The highest BCUT2D eigenvalue weighted by atomic mass is 16.2. The Labute approximate surface area is 160 Å². The molecule has 27 heavy (non-hydrogen) atoms. The average Bonchev–Trinajstić information content (AvgIpc) is 2.61. The monoisotopic (exact) mass is 365 g/mol. The Morgan fingerprint density at radius 2 is 1.41 bits per heavy atom. The van der Waals surface area contributed by atoms with Gasteiger partial charge in [-0.1, -0.05) is 46.8 Å². The van der Waals surface area contributed by atoms with Crippen molar-refractivity contribution >= 4 is 23.7 Å². The van der Waals surface area contributed by atoms with Gasteiger partial charge in [-0.25, -0.2) is 5.43 Å². The van der Waals surface area contributed by atoms with E-state index in [0.717, 1.165) is 0 Å². The Hall–Kier alpha value is -2.95. The Kier molecular flexibility index (Phi) is 6.50. The SMILES string of the molecule is CC(C)/C=N/NC(=O)c1ccc(NC(=O)c2ccc(C(C)(C)C)cc2)cc1. The first-order valence-electron chi connectivity index (χ1n) is 9.02. The van der Waals surface area contributed by atoms with Crippen LogP contribution in [-0.4, -0.2) is 18.0 Å². The molecular weight excluding hydrogens is 338 g/mol. The van der Waals surface area contributed by atoms with E-state index < -0.39 is 0 Å². The smallest absolute Gasteiger partial charge is 0.271 e. The van der Waals surface area contributed by atoms with Crippen LogP contribution < -0.4 is 10.7 Å². The van der Waals surface area contributed by atoms with Crippen molar-refractivity contribution < 1.29 is 9.59 Å². The zero-order valence-electron chi connectivity index (χ0n) is 16.5. The van der Waals surface area contributed by atoms with E-state index in [9.17, 15) is 9.59 Å². The topological polar surface area (TPSA) is 70.6 Å². The number of nitrogens with one attached hydrogen (secondary N) is 2. The van der Waals surface area contributed by atoms with Gasteiger partial charge in [0.25, 0.3) is 11.8 Å². The second kappa shape index (κ2) is 8.62. The fraction of sp³-hybridized carbons (Fsp3) is 0.318. The summed E-state index contributed by atoms with van der Waals surface area (Å²) in [4.78, 5) is 24.4. The molecule has 0 aliphatic carbocycles. The van der Waals surface area contributed by atoms with Gasteiger partial charge in [0.15, 0.2) is 0 Å². The fourth-order valence-electron chi connectivity index (χ4n) is 2.34. The summed E-state index contributed by atoms with van der Waals surface area (Å²) in [6.45, 7) is 10.4. The largest absolute Gasteiger partial charge is 0.322 e. The first-order chi connectivity index (χ1) is 12.7. The molecular formula is C22H27N3O2. The van der Waals surface area contributed by atoms with Crippen molar-refractivity contribution in [1.82, 2.24) is 5.43 Å². The third-order valence-electron chi connectivity index (χ3n) is 3.96. The predicted octanol–water partition coefficient (Wildman–Crippen LogP) is 4.61. The van der Waals surface area contributed by atoms with Crippen molar-refractivity contribution in [3.63, 3.8) is 0 Å². The molecule has 0 spiro atoms. The first kappa shape index (κ1) is 20.4. The van der Waals surface area contributed by atoms with Crippen LogP contribution in [0, 0.1) is 5.92 Å². The molecule has 5 nitrogen and oxygen atoms in total. The van der Waals surface area contributed by atoms with Gasteiger partial charge in [0.2, 0.25) is 0 Å². The molecule has 0 atom stereocenters. The number of hydrazone groups is 1. The van der Waals surface area contributed by atoms with Crippen molar-refractivity contribution in [2.24, 2.45) is 11.0 Å². The lowest BCUT2D eigenvalue weighted by Crippen LogP contribution is -2.18. The fourth-order valence-corrected chi connectivity index (χ4v) is 2.34. The Bertz CT molecular complexity index is 814. The van der Waals surface area contributed by atoms with Crippen LogP contribution in [-0.2, 0) is 5.41 Å². The zero-order chi connectivity index (χ0) is 20.0. The molecule has 142 valence electrons. The molecule has 0 radical (unpaired) electrons. The van der Waals surface area contributed by atoms with Gasteiger partial charge >= 0.3 is 0 Å². The van der Waals surface area contributed by atoms with Crippen molar-refractivity contribution in [1.29, 1.82) is 0 Å². The van der Waals surface area contributed by atoms with E-state index in [-0.39, 0.29) is 23.1 Å². The van der Waals surface area contributed by atoms with Crippen LogP contribution in [0.3, 0.4) is 0 Å². The van der Waals surface area contributed by atoms with Gasteiger partial charge in [0.05, 0.1) is 0 Å². The Morgan fingerprint density at radius 3 is 1.93 bits per heavy atom. The highest BCUT2D eigenvalue weighted by Crippen LogP contribution is 2.22. The number of hydrogen-bond acceptors (Lipinski definition) is 3. The molecule has 5 heteroatoms. The summed E-state index contributed by atoms with van der Waals surface area (Å²) < 4.78 is 0. The van der Waals surface area contributed by atoms with Crippen LogP contribution in [0.4, 0.5) is 5.69 Å². The lowest BCUT2D eigenvalue weighted by Gasteiger charge is -2.19. The maximum absolute atomic E-state index is 12.4. The molecule has 0 aliphatic heterocycles. The average molecular weight is 365 g/mol. The second-order valence-electron chi connectivity index (χ2n) is 7.82. The molecule has 0 heterocycles. The zero-order valence-corrected chi connectivity index (χ0v) is 16.5. The quantitative estimate of drug-likeness (QED) is 0.600. The molecule has 2 amide bonds. The second-order valence-corrected chi connectivity index (χ2v) is 7.82. The van der Waals surface area contributed by atoms with Crippen LogP contribution in [0.1, 0.15) is 60.9 Å². The van der Waals surface area contributed by atoms with Crippen molar-refractivity contribution in [2.45, 2.75) is 40.0 Å². The number of carbonyl (C=O) groups is 2. The van der Waals surface area contributed by atoms with Crippen LogP contribution >= 0.6 is 0 Å². The maximum atomic E-state index is 12.4. The highest BCUT2D eigenvalue weighted by molar-refractivity contribution is 6.04. The van der Waals surface area contributed by atoms with E-state index in [1.807, 2.05) is 38.1 Å². The standard InChI is InChI=1S/C22H27N3O2/c1-15(2)14-23-25-21(27)17-8-12-19(13-9-17)24-20(26)16-6-10-18(11-7-16)22(3,4)5/h6-15H,1-5H3,(H,24,26)(H,25,27)/b23-14+. The molecule has 2 N–H and O–H groups in total. The van der Waals surface area contributed by atoms with E-state index >= 15 is 0 Å². The number of anilines is 1. The van der Waals surface area contributed by atoms with Crippen LogP contribution in [0.25, 0.3) is 0 Å². The molecule has 0 aliphatic rings. The number of carbonyl (C=O) groups excluding carboxylic acids is 2. The van der Waals surface area contributed by atoms with Crippen molar-refractivity contribution in [2.75, 3.05) is 5.32 Å². The molecule has 0 saturated heterocycles. The third-order valence-corrected chi connectivity index (χ3v) is 3.96. The van der Waals surface area contributed by atoms with Gasteiger partial charge in [-0.05, 0) is 53.3 Å². The minimum absolute atomic E-state index is 0.0463. The Balaban J connectivity index is 1.99. The third kappa shape index (κ3) is 6.06. The predicted molar refractivity (Wildman–Crippen MR) is 110 cm³/mol. The van der Waals surface area contributed by atoms with E-state index in [1.54, 1.807) is 30.5 Å². The number of amides is 2. The summed E-state index contributed by atoms with van der Waals surface area (Å²) in [5, 5.41) is 6.73. The number of rotatable bonds is 5. The van der Waals surface area contributed by atoms with Gasteiger partial charge < -0.3 is 5.32 Å². The van der Waals surface area contributed by atoms with Crippen LogP contribution in [0.2, 0.25) is 0 Å². The maximum Gasteiger partial charge on any atom is 0.271 e. The minimum atomic E-state index is -0.289. The van der Waals surface area contributed by atoms with Gasteiger partial charge in [-0.2, -0.15) is 5.10 Å². The normalized spacial score (nSPS) is 11.6. The molecule has 2 aromatic rings. The summed E-state index contributed by atoms with van der Waals surface area (Å²) in [5.74, 6) is -0.211. The first-order valence-corrected chi connectivity index (χ1v) is 9.02. The van der Waals surface area contributed by atoms with Gasteiger partial charge in [-0.15, -0.1) is 0 Å². The van der Waals surface area contributed by atoms with Crippen molar-refractivity contribution in [3.05, 3.63) is 65.2 Å². The minimum Gasteiger partial charge on any atom is -0.322 e. The van der Waals surface area contributed by atoms with Gasteiger partial charge in [0, 0.05) is 23.0 Å². The molecule has 0 unspecified atom stereocenters. The molecule has 2 aromatic carbocycles. The molecule has 0 aromatic heterocycles. The number of nitrogens with zero attached hydrogens (tertiary/aromatic N) is 1. The summed E-state index contributed by atoms with van der Waals surface area (Å²) in [5.41, 5.74) is 5.39. The van der Waals surface area contributed by atoms with Gasteiger partial charge in [-0.3, -0.25) is 9.59 Å². The molecule has 0 bridgehead atoms.